The van der Waals surface area contributed by atoms with Crippen molar-refractivity contribution in [2.24, 2.45) is 0 Å². The van der Waals surface area contributed by atoms with Crippen LogP contribution in [0.25, 0.3) is 0 Å². The van der Waals surface area contributed by atoms with Crippen LogP contribution in [0.15, 0.2) is 47.4 Å². The predicted molar refractivity (Wildman–Crippen MR) is 104 cm³/mol. The Labute approximate surface area is 172 Å². The van der Waals surface area contributed by atoms with Crippen LogP contribution in [0.1, 0.15) is 27.1 Å². The number of methoxy groups -OCH3 is 2. The molecular formula is C19H19FN2O7S. The van der Waals surface area contributed by atoms with Crippen molar-refractivity contribution < 1.29 is 36.7 Å². The van der Waals surface area contributed by atoms with Gasteiger partial charge in [0.25, 0.3) is 0 Å². The van der Waals surface area contributed by atoms with E-state index in [1.54, 1.807) is 0 Å². The van der Waals surface area contributed by atoms with Crippen LogP contribution in [-0.4, -0.2) is 47.0 Å². The van der Waals surface area contributed by atoms with Gasteiger partial charge in [0.1, 0.15) is 5.82 Å². The zero-order valence-corrected chi connectivity index (χ0v) is 16.9. The van der Waals surface area contributed by atoms with Crippen molar-refractivity contribution in [2.45, 2.75) is 11.3 Å². The van der Waals surface area contributed by atoms with Crippen molar-refractivity contribution in [3.8, 4) is 0 Å². The van der Waals surface area contributed by atoms with E-state index in [0.717, 1.165) is 24.3 Å². The molecule has 2 N–H and O–H groups in total. The van der Waals surface area contributed by atoms with E-state index in [0.29, 0.717) is 0 Å². The Bertz CT molecular complexity index is 1020. The van der Waals surface area contributed by atoms with Crippen molar-refractivity contribution in [3.05, 3.63) is 59.4 Å². The standard InChI is InChI=1S/C19H19FN2O7S/c1-28-18(24)12-9-13(19(25)29-2)11-15(10-12)22-17(23)7-8-21-30(26,27)16-5-3-14(20)4-6-16/h3-6,9-11,21H,7-8H2,1-2H3,(H,22,23). The van der Waals surface area contributed by atoms with Gasteiger partial charge in [-0.1, -0.05) is 0 Å². The van der Waals surface area contributed by atoms with Gasteiger partial charge in [0.2, 0.25) is 15.9 Å². The fourth-order valence-corrected chi connectivity index (χ4v) is 3.42. The molecule has 9 nitrogen and oxygen atoms in total. The Morgan fingerprint density at radius 1 is 0.933 bits per heavy atom. The van der Waals surface area contributed by atoms with E-state index in [1.165, 1.54) is 32.4 Å². The summed E-state index contributed by atoms with van der Waals surface area (Å²) in [5, 5.41) is 2.48. The highest BCUT2D eigenvalue weighted by atomic mass is 32.2. The van der Waals surface area contributed by atoms with Crippen LogP contribution in [-0.2, 0) is 24.3 Å². The molecule has 0 atom stereocenters. The summed E-state index contributed by atoms with van der Waals surface area (Å²) in [6.45, 7) is -0.230. The number of rotatable bonds is 8. The van der Waals surface area contributed by atoms with Gasteiger partial charge in [-0.15, -0.1) is 0 Å². The molecule has 0 aromatic heterocycles. The average Bonchev–Trinajstić information content (AvgIpc) is 2.72. The Hall–Kier alpha value is -3.31. The Balaban J connectivity index is 2.04. The first-order chi connectivity index (χ1) is 14.2. The van der Waals surface area contributed by atoms with Crippen LogP contribution in [0.4, 0.5) is 10.1 Å². The molecule has 0 unspecified atom stereocenters. The largest absolute Gasteiger partial charge is 0.465 e. The molecule has 0 fully saturated rings. The zero-order chi connectivity index (χ0) is 22.3. The van der Waals surface area contributed by atoms with Gasteiger partial charge in [0.05, 0.1) is 30.2 Å². The summed E-state index contributed by atoms with van der Waals surface area (Å²) in [5.74, 6) is -2.59. The molecule has 2 rings (SSSR count). The number of halogens is 1. The van der Waals surface area contributed by atoms with Crippen LogP contribution in [0, 0.1) is 5.82 Å². The van der Waals surface area contributed by atoms with Gasteiger partial charge >= 0.3 is 11.9 Å². The lowest BCUT2D eigenvalue weighted by Crippen LogP contribution is -2.28. The van der Waals surface area contributed by atoms with Gasteiger partial charge in [0, 0.05) is 18.7 Å². The van der Waals surface area contributed by atoms with Crippen LogP contribution < -0.4 is 10.0 Å². The fourth-order valence-electron chi connectivity index (χ4n) is 2.39. The van der Waals surface area contributed by atoms with Gasteiger partial charge in [-0.25, -0.2) is 27.1 Å². The molecule has 0 aliphatic heterocycles. The molecule has 0 radical (unpaired) electrons. The second-order valence-electron chi connectivity index (χ2n) is 5.93. The van der Waals surface area contributed by atoms with Crippen molar-refractivity contribution in [1.82, 2.24) is 4.72 Å². The quantitative estimate of drug-likeness (QED) is 0.601. The predicted octanol–water partition coefficient (Wildman–Crippen LogP) is 1.71. The average molecular weight is 438 g/mol. The van der Waals surface area contributed by atoms with Gasteiger partial charge in [-0.05, 0) is 42.5 Å². The number of anilines is 1. The number of ether oxygens (including phenoxy) is 2. The van der Waals surface area contributed by atoms with Crippen molar-refractivity contribution in [2.75, 3.05) is 26.1 Å². The summed E-state index contributed by atoms with van der Waals surface area (Å²) in [4.78, 5) is 35.5. The summed E-state index contributed by atoms with van der Waals surface area (Å²) in [6.07, 6.45) is -0.240. The maximum Gasteiger partial charge on any atom is 0.337 e. The maximum atomic E-state index is 12.9. The highest BCUT2D eigenvalue weighted by Gasteiger charge is 2.16. The molecule has 0 saturated carbocycles. The summed E-state index contributed by atoms with van der Waals surface area (Å²) in [7, 11) is -1.58. The monoisotopic (exact) mass is 438 g/mol. The second-order valence-corrected chi connectivity index (χ2v) is 7.70. The van der Waals surface area contributed by atoms with Crippen molar-refractivity contribution >= 4 is 33.6 Å². The van der Waals surface area contributed by atoms with E-state index in [1.807, 2.05) is 0 Å². The van der Waals surface area contributed by atoms with E-state index in [-0.39, 0.29) is 34.7 Å². The molecule has 11 heteroatoms. The zero-order valence-electron chi connectivity index (χ0n) is 16.1. The number of hydrogen-bond acceptors (Lipinski definition) is 7. The number of amides is 1. The smallest absolute Gasteiger partial charge is 0.337 e. The number of sulfonamides is 1. The normalized spacial score (nSPS) is 10.9. The molecule has 2 aromatic carbocycles. The van der Waals surface area contributed by atoms with Crippen LogP contribution >= 0.6 is 0 Å². The first kappa shape index (κ1) is 23.0. The van der Waals surface area contributed by atoms with Crippen LogP contribution in [0.2, 0.25) is 0 Å². The lowest BCUT2D eigenvalue weighted by Gasteiger charge is -2.10. The second kappa shape index (κ2) is 9.94. The summed E-state index contributed by atoms with van der Waals surface area (Å²) >= 11 is 0. The molecule has 160 valence electrons. The first-order valence-corrected chi connectivity index (χ1v) is 10.0. The number of hydrogen-bond donors (Lipinski definition) is 2. The van der Waals surface area contributed by atoms with E-state index in [4.69, 9.17) is 0 Å². The van der Waals surface area contributed by atoms with Gasteiger partial charge in [-0.2, -0.15) is 0 Å². The minimum absolute atomic E-state index is 0.0210. The van der Waals surface area contributed by atoms with Gasteiger partial charge in [-0.3, -0.25) is 4.79 Å². The highest BCUT2D eigenvalue weighted by Crippen LogP contribution is 2.17. The van der Waals surface area contributed by atoms with E-state index >= 15 is 0 Å². The number of nitrogens with one attached hydrogen (secondary N) is 2. The minimum atomic E-state index is -3.91. The summed E-state index contributed by atoms with van der Waals surface area (Å²) in [6, 6.07) is 8.08. The third-order valence-electron chi connectivity index (χ3n) is 3.83. The Morgan fingerprint density at radius 3 is 1.97 bits per heavy atom. The molecule has 1 amide bonds. The molecule has 0 spiro atoms. The van der Waals surface area contributed by atoms with E-state index in [9.17, 15) is 27.2 Å². The Morgan fingerprint density at radius 2 is 1.47 bits per heavy atom. The first-order valence-electron chi connectivity index (χ1n) is 8.53. The minimum Gasteiger partial charge on any atom is -0.465 e. The van der Waals surface area contributed by atoms with Gasteiger partial charge in [0.15, 0.2) is 0 Å². The topological polar surface area (TPSA) is 128 Å². The number of carbonyl (C=O) groups excluding carboxylic acids is 3. The molecule has 30 heavy (non-hydrogen) atoms. The van der Waals surface area contributed by atoms with Gasteiger partial charge < -0.3 is 14.8 Å². The number of esters is 2. The Kier molecular flexibility index (Phi) is 7.61. The lowest BCUT2D eigenvalue weighted by atomic mass is 10.1. The highest BCUT2D eigenvalue weighted by molar-refractivity contribution is 7.89. The van der Waals surface area contributed by atoms with E-state index < -0.39 is 33.7 Å². The number of carbonyl (C=O) groups is 3. The number of benzene rings is 2. The molecule has 0 saturated heterocycles. The lowest BCUT2D eigenvalue weighted by molar-refractivity contribution is -0.116. The third-order valence-corrected chi connectivity index (χ3v) is 5.30. The molecule has 0 heterocycles. The molecule has 0 aliphatic rings. The maximum absolute atomic E-state index is 12.9. The van der Waals surface area contributed by atoms with Crippen molar-refractivity contribution in [1.29, 1.82) is 0 Å². The molecular weight excluding hydrogens is 419 g/mol. The summed E-state index contributed by atoms with van der Waals surface area (Å²) < 4.78 is 48.6. The molecule has 0 aliphatic carbocycles. The fraction of sp³-hybridized carbons (Fsp3) is 0.211. The van der Waals surface area contributed by atoms with E-state index in [2.05, 4.69) is 19.5 Å². The van der Waals surface area contributed by atoms with Crippen LogP contribution in [0.5, 0.6) is 0 Å². The molecule has 0 bridgehead atoms. The third kappa shape index (κ3) is 6.09. The summed E-state index contributed by atoms with van der Waals surface area (Å²) in [5.41, 5.74) is 0.171. The van der Waals surface area contributed by atoms with Crippen LogP contribution in [0.3, 0.4) is 0 Å². The van der Waals surface area contributed by atoms with Crippen molar-refractivity contribution in [3.63, 3.8) is 0 Å². The molecule has 2 aromatic rings. The SMILES string of the molecule is COC(=O)c1cc(NC(=O)CCNS(=O)(=O)c2ccc(F)cc2)cc(C(=O)OC)c1.